The van der Waals surface area contributed by atoms with E-state index < -0.39 is 6.10 Å². The van der Waals surface area contributed by atoms with Crippen LogP contribution in [0.4, 0.5) is 0 Å². The summed E-state index contributed by atoms with van der Waals surface area (Å²) in [5, 5.41) is 0. The molecule has 1 atom stereocenters. The summed E-state index contributed by atoms with van der Waals surface area (Å²) in [6, 6.07) is 0. The Morgan fingerprint density at radius 1 is 0.371 bits per heavy atom. The SMILES string of the molecule is CC/C=C\C/C=C\C/C=C\C/C=C\CCCCCOCC(COC(=O)CCCCCCCCCCCCCCCCCCC)OC(=O)CCCCCCC/C=C\CCCCCC. The van der Waals surface area contributed by atoms with Crippen molar-refractivity contribution in [3.63, 3.8) is 0 Å². The minimum Gasteiger partial charge on any atom is -0.462 e. The van der Waals surface area contributed by atoms with Gasteiger partial charge < -0.3 is 14.2 Å². The van der Waals surface area contributed by atoms with Crippen LogP contribution < -0.4 is 0 Å². The molecule has 0 aliphatic heterocycles. The van der Waals surface area contributed by atoms with E-state index in [1.54, 1.807) is 0 Å². The van der Waals surface area contributed by atoms with E-state index in [-0.39, 0.29) is 25.2 Å². The first kappa shape index (κ1) is 59.6. The van der Waals surface area contributed by atoms with Gasteiger partial charge in [0.05, 0.1) is 6.61 Å². The zero-order chi connectivity index (χ0) is 44.9. The summed E-state index contributed by atoms with van der Waals surface area (Å²) in [6.07, 6.45) is 66.6. The average Bonchev–Trinajstić information content (AvgIpc) is 3.27. The molecule has 0 bridgehead atoms. The van der Waals surface area contributed by atoms with Crippen molar-refractivity contribution in [2.45, 2.75) is 271 Å². The monoisotopic (exact) mass is 867 g/mol. The molecule has 0 heterocycles. The number of ether oxygens (including phenoxy) is 3. The number of hydrogen-bond acceptors (Lipinski definition) is 5. The number of carbonyl (C=O) groups is 2. The van der Waals surface area contributed by atoms with Gasteiger partial charge in [-0.3, -0.25) is 9.59 Å². The zero-order valence-electron chi connectivity index (χ0n) is 41.4. The fraction of sp³-hybridized carbons (Fsp3) is 0.789. The summed E-state index contributed by atoms with van der Waals surface area (Å²) < 4.78 is 17.4. The van der Waals surface area contributed by atoms with E-state index in [1.165, 1.54) is 141 Å². The van der Waals surface area contributed by atoms with Crippen LogP contribution >= 0.6 is 0 Å². The highest BCUT2D eigenvalue weighted by Crippen LogP contribution is 2.15. The van der Waals surface area contributed by atoms with Crippen molar-refractivity contribution in [3.05, 3.63) is 60.8 Å². The largest absolute Gasteiger partial charge is 0.462 e. The van der Waals surface area contributed by atoms with Gasteiger partial charge in [0.2, 0.25) is 0 Å². The highest BCUT2D eigenvalue weighted by molar-refractivity contribution is 5.70. The van der Waals surface area contributed by atoms with Crippen LogP contribution in [-0.2, 0) is 23.8 Å². The molecular weight excluding hydrogens is 765 g/mol. The lowest BCUT2D eigenvalue weighted by atomic mass is 10.0. The Labute approximate surface area is 385 Å². The van der Waals surface area contributed by atoms with Crippen LogP contribution in [0.5, 0.6) is 0 Å². The maximum Gasteiger partial charge on any atom is 0.306 e. The smallest absolute Gasteiger partial charge is 0.306 e. The van der Waals surface area contributed by atoms with Gasteiger partial charge in [-0.05, 0) is 83.5 Å². The van der Waals surface area contributed by atoms with Gasteiger partial charge in [0.15, 0.2) is 6.10 Å². The van der Waals surface area contributed by atoms with Crippen molar-refractivity contribution in [3.8, 4) is 0 Å². The first-order valence-corrected chi connectivity index (χ1v) is 26.8. The minimum atomic E-state index is -0.555. The summed E-state index contributed by atoms with van der Waals surface area (Å²) in [6.45, 7) is 7.65. The topological polar surface area (TPSA) is 61.8 Å². The van der Waals surface area contributed by atoms with Gasteiger partial charge in [0.1, 0.15) is 6.61 Å². The molecule has 62 heavy (non-hydrogen) atoms. The highest BCUT2D eigenvalue weighted by Gasteiger charge is 2.17. The van der Waals surface area contributed by atoms with E-state index in [0.717, 1.165) is 89.9 Å². The normalized spacial score (nSPS) is 12.6. The third-order valence-corrected chi connectivity index (χ3v) is 11.5. The van der Waals surface area contributed by atoms with Gasteiger partial charge in [-0.25, -0.2) is 0 Å². The fourth-order valence-electron chi connectivity index (χ4n) is 7.56. The predicted octanol–water partition coefficient (Wildman–Crippen LogP) is 18.1. The van der Waals surface area contributed by atoms with Crippen LogP contribution in [0.2, 0.25) is 0 Å². The molecule has 0 saturated carbocycles. The molecule has 0 aromatic heterocycles. The maximum atomic E-state index is 12.8. The lowest BCUT2D eigenvalue weighted by Crippen LogP contribution is -2.30. The molecule has 0 aromatic carbocycles. The molecule has 360 valence electrons. The number of unbranched alkanes of at least 4 members (excludes halogenated alkanes) is 28. The molecule has 0 aromatic rings. The Bertz CT molecular complexity index is 1070. The predicted molar refractivity (Wildman–Crippen MR) is 270 cm³/mol. The minimum absolute atomic E-state index is 0.0709. The van der Waals surface area contributed by atoms with E-state index in [9.17, 15) is 9.59 Å². The summed E-state index contributed by atoms with van der Waals surface area (Å²) in [7, 11) is 0. The first-order valence-electron chi connectivity index (χ1n) is 26.8. The van der Waals surface area contributed by atoms with Crippen LogP contribution in [-0.4, -0.2) is 37.9 Å². The Balaban J connectivity index is 4.29. The molecule has 1 unspecified atom stereocenters. The molecule has 0 spiro atoms. The Hall–Kier alpha value is -2.40. The molecule has 0 N–H and O–H groups in total. The van der Waals surface area contributed by atoms with E-state index in [0.29, 0.717) is 19.4 Å². The fourth-order valence-corrected chi connectivity index (χ4v) is 7.56. The van der Waals surface area contributed by atoms with Crippen LogP contribution in [0.15, 0.2) is 60.8 Å². The van der Waals surface area contributed by atoms with E-state index in [4.69, 9.17) is 14.2 Å². The van der Waals surface area contributed by atoms with Crippen LogP contribution in [0, 0.1) is 0 Å². The maximum absolute atomic E-state index is 12.8. The van der Waals surface area contributed by atoms with Gasteiger partial charge in [-0.1, -0.05) is 229 Å². The number of rotatable bonds is 49. The van der Waals surface area contributed by atoms with E-state index >= 15 is 0 Å². The molecule has 0 radical (unpaired) electrons. The summed E-state index contributed by atoms with van der Waals surface area (Å²) in [4.78, 5) is 25.4. The first-order chi connectivity index (χ1) is 30.6. The molecule has 0 amide bonds. The van der Waals surface area contributed by atoms with Crippen molar-refractivity contribution in [2.75, 3.05) is 19.8 Å². The molecule has 0 aliphatic carbocycles. The molecule has 5 nitrogen and oxygen atoms in total. The highest BCUT2D eigenvalue weighted by atomic mass is 16.6. The third-order valence-electron chi connectivity index (χ3n) is 11.5. The number of allylic oxidation sites excluding steroid dienone is 10. The number of hydrogen-bond donors (Lipinski definition) is 0. The van der Waals surface area contributed by atoms with E-state index in [2.05, 4.69) is 81.5 Å². The second-order valence-electron chi connectivity index (χ2n) is 17.8. The van der Waals surface area contributed by atoms with Crippen molar-refractivity contribution in [2.24, 2.45) is 0 Å². The Morgan fingerprint density at radius 2 is 0.726 bits per heavy atom. The molecule has 0 saturated heterocycles. The van der Waals surface area contributed by atoms with Crippen molar-refractivity contribution >= 4 is 11.9 Å². The quantitative estimate of drug-likeness (QED) is 0.0346. The molecule has 0 rings (SSSR count). The summed E-state index contributed by atoms with van der Waals surface area (Å²) in [5.74, 6) is -0.416. The van der Waals surface area contributed by atoms with Gasteiger partial charge >= 0.3 is 11.9 Å². The number of esters is 2. The zero-order valence-corrected chi connectivity index (χ0v) is 41.4. The molecule has 5 heteroatoms. The lowest BCUT2D eigenvalue weighted by Gasteiger charge is -2.18. The standard InChI is InChI=1S/C57H102O5/c1-4-7-10-13-16-19-22-25-27-29-30-33-35-38-41-44-47-50-56(58)61-54-55(62-57(59)51-48-45-42-39-36-32-24-21-18-15-12-9-6-3)53-60-52-49-46-43-40-37-34-31-28-26-23-20-17-14-11-8-5-2/h8,11,17,20-21,24,26,28,34,37,55H,4-7,9-10,12-16,18-19,22-23,25,27,29-33,35-36,38-54H2,1-3H3/b11-8-,20-17-,24-21-,28-26-,37-34-. The van der Waals surface area contributed by atoms with Crippen LogP contribution in [0.25, 0.3) is 0 Å². The van der Waals surface area contributed by atoms with Gasteiger partial charge in [-0.15, -0.1) is 0 Å². The van der Waals surface area contributed by atoms with E-state index in [1.807, 2.05) is 0 Å². The number of carbonyl (C=O) groups excluding carboxylic acids is 2. The van der Waals surface area contributed by atoms with Crippen LogP contribution in [0.3, 0.4) is 0 Å². The molecular formula is C57H102O5. The molecule has 0 fully saturated rings. The lowest BCUT2D eigenvalue weighted by molar-refractivity contribution is -0.163. The van der Waals surface area contributed by atoms with Crippen LogP contribution in [0.1, 0.15) is 265 Å². The second-order valence-corrected chi connectivity index (χ2v) is 17.8. The van der Waals surface area contributed by atoms with Gasteiger partial charge in [0, 0.05) is 19.4 Å². The van der Waals surface area contributed by atoms with Crippen molar-refractivity contribution in [1.29, 1.82) is 0 Å². The van der Waals surface area contributed by atoms with Gasteiger partial charge in [0.25, 0.3) is 0 Å². The average molecular weight is 867 g/mol. The second kappa shape index (κ2) is 52.9. The van der Waals surface area contributed by atoms with Crippen molar-refractivity contribution < 1.29 is 23.8 Å². The van der Waals surface area contributed by atoms with Gasteiger partial charge in [-0.2, -0.15) is 0 Å². The summed E-state index contributed by atoms with van der Waals surface area (Å²) in [5.41, 5.74) is 0. The Kier molecular flexibility index (Phi) is 50.9. The summed E-state index contributed by atoms with van der Waals surface area (Å²) >= 11 is 0. The Morgan fingerprint density at radius 3 is 1.19 bits per heavy atom. The molecule has 0 aliphatic rings. The third kappa shape index (κ3) is 50.2. The van der Waals surface area contributed by atoms with Crippen molar-refractivity contribution in [1.82, 2.24) is 0 Å².